The number of hydrogen-bond acceptors (Lipinski definition) is 4. The van der Waals surface area contributed by atoms with Crippen LogP contribution in [-0.2, 0) is 0 Å². The molecule has 4 nitrogen and oxygen atoms in total. The first-order chi connectivity index (χ1) is 8.76. The highest BCUT2D eigenvalue weighted by Crippen LogP contribution is 2.25. The first kappa shape index (κ1) is 13.2. The number of anilines is 1. The van der Waals surface area contributed by atoms with E-state index in [1.807, 2.05) is 18.3 Å². The van der Waals surface area contributed by atoms with Gasteiger partial charge in [0.1, 0.15) is 5.52 Å². The topological polar surface area (TPSA) is 55.0 Å². The molecular weight excluding hydrogens is 292 g/mol. The fourth-order valence-corrected chi connectivity index (χ4v) is 2.34. The first-order valence-electron chi connectivity index (χ1n) is 6.11. The predicted molar refractivity (Wildman–Crippen MR) is 78.8 cm³/mol. The smallest absolute Gasteiger partial charge is 0.112 e. The van der Waals surface area contributed by atoms with Crippen LogP contribution in [0.5, 0.6) is 0 Å². The zero-order chi connectivity index (χ0) is 13.0. The molecule has 0 aromatic carbocycles. The molecule has 0 aliphatic rings. The lowest BCUT2D eigenvalue weighted by Crippen LogP contribution is -2.30. The predicted octanol–water partition coefficient (Wildman–Crippen LogP) is 2.57. The van der Waals surface area contributed by atoms with Crippen molar-refractivity contribution < 1.29 is 0 Å². The van der Waals surface area contributed by atoms with Crippen molar-refractivity contribution in [1.82, 2.24) is 9.97 Å². The fourth-order valence-electron chi connectivity index (χ4n) is 2.03. The van der Waals surface area contributed by atoms with Crippen molar-refractivity contribution in [3.8, 4) is 0 Å². The molecule has 2 rings (SSSR count). The Morgan fingerprint density at radius 3 is 2.89 bits per heavy atom. The third-order valence-electron chi connectivity index (χ3n) is 2.76. The number of aromatic nitrogens is 2. The second-order valence-corrected chi connectivity index (χ2v) is 5.04. The van der Waals surface area contributed by atoms with Gasteiger partial charge in [-0.25, -0.2) is 0 Å². The Kier molecular flexibility index (Phi) is 4.49. The van der Waals surface area contributed by atoms with Crippen molar-refractivity contribution in [2.24, 2.45) is 5.73 Å². The lowest BCUT2D eigenvalue weighted by Gasteiger charge is -2.24. The molecule has 0 saturated heterocycles. The van der Waals surface area contributed by atoms with Gasteiger partial charge in [0.25, 0.3) is 0 Å². The van der Waals surface area contributed by atoms with Crippen LogP contribution in [-0.4, -0.2) is 29.6 Å². The summed E-state index contributed by atoms with van der Waals surface area (Å²) >= 11 is 3.42. The largest absolute Gasteiger partial charge is 0.368 e. The van der Waals surface area contributed by atoms with Crippen molar-refractivity contribution in [3.05, 3.63) is 29.0 Å². The maximum absolute atomic E-state index is 5.68. The zero-order valence-corrected chi connectivity index (χ0v) is 12.0. The Balaban J connectivity index is 2.48. The molecule has 2 N–H and O–H groups in total. The van der Waals surface area contributed by atoms with Gasteiger partial charge in [0.05, 0.1) is 11.2 Å². The molecule has 0 aliphatic heterocycles. The second kappa shape index (κ2) is 6.11. The Morgan fingerprint density at radius 2 is 2.17 bits per heavy atom. The van der Waals surface area contributed by atoms with Crippen LogP contribution in [0.15, 0.2) is 29.0 Å². The van der Waals surface area contributed by atoms with Gasteiger partial charge in [-0.05, 0) is 34.5 Å². The van der Waals surface area contributed by atoms with Gasteiger partial charge in [-0.2, -0.15) is 0 Å². The number of fused-ring (bicyclic) bond motifs is 1. The minimum atomic E-state index is 0.639. The number of nitrogens with zero attached hydrogens (tertiary/aromatic N) is 3. The summed E-state index contributed by atoms with van der Waals surface area (Å²) in [5.41, 5.74) is 8.63. The molecule has 0 spiro atoms. The second-order valence-electron chi connectivity index (χ2n) is 4.13. The molecule has 96 valence electrons. The molecule has 0 amide bonds. The van der Waals surface area contributed by atoms with Crippen molar-refractivity contribution in [3.63, 3.8) is 0 Å². The molecule has 0 fully saturated rings. The summed E-state index contributed by atoms with van der Waals surface area (Å²) < 4.78 is 0.945. The van der Waals surface area contributed by atoms with Crippen LogP contribution in [0, 0.1) is 0 Å². The molecule has 0 bridgehead atoms. The van der Waals surface area contributed by atoms with Crippen LogP contribution >= 0.6 is 15.9 Å². The van der Waals surface area contributed by atoms with E-state index >= 15 is 0 Å². The molecule has 0 radical (unpaired) electrons. The number of pyridine rings is 2. The van der Waals surface area contributed by atoms with Crippen LogP contribution in [0.25, 0.3) is 11.0 Å². The average molecular weight is 309 g/mol. The van der Waals surface area contributed by atoms with E-state index in [-0.39, 0.29) is 0 Å². The summed E-state index contributed by atoms with van der Waals surface area (Å²) in [7, 11) is 0. The van der Waals surface area contributed by atoms with Crippen LogP contribution < -0.4 is 10.6 Å². The summed E-state index contributed by atoms with van der Waals surface area (Å²) in [4.78, 5) is 11.1. The highest BCUT2D eigenvalue weighted by Gasteiger charge is 2.10. The molecule has 2 aromatic rings. The van der Waals surface area contributed by atoms with Gasteiger partial charge < -0.3 is 10.6 Å². The summed E-state index contributed by atoms with van der Waals surface area (Å²) in [6.07, 6.45) is 4.71. The van der Waals surface area contributed by atoms with Gasteiger partial charge in [0, 0.05) is 36.5 Å². The molecule has 0 aliphatic carbocycles. The van der Waals surface area contributed by atoms with Crippen LogP contribution in [0.4, 0.5) is 5.69 Å². The van der Waals surface area contributed by atoms with E-state index in [0.717, 1.165) is 40.7 Å². The van der Waals surface area contributed by atoms with Gasteiger partial charge in [-0.15, -0.1) is 0 Å². The molecule has 0 saturated carbocycles. The third kappa shape index (κ3) is 2.79. The van der Waals surface area contributed by atoms with Gasteiger partial charge >= 0.3 is 0 Å². The van der Waals surface area contributed by atoms with Crippen molar-refractivity contribution in [2.45, 2.75) is 13.3 Å². The highest BCUT2D eigenvalue weighted by atomic mass is 79.9. The molecule has 18 heavy (non-hydrogen) atoms. The van der Waals surface area contributed by atoms with Crippen molar-refractivity contribution in [2.75, 3.05) is 24.5 Å². The normalized spacial score (nSPS) is 10.8. The average Bonchev–Trinajstić information content (AvgIpc) is 2.37. The molecule has 0 atom stereocenters. The monoisotopic (exact) mass is 308 g/mol. The number of rotatable bonds is 5. The summed E-state index contributed by atoms with van der Waals surface area (Å²) in [6.45, 7) is 4.62. The molecule has 0 unspecified atom stereocenters. The van der Waals surface area contributed by atoms with E-state index in [9.17, 15) is 0 Å². The van der Waals surface area contributed by atoms with E-state index in [2.05, 4.69) is 37.7 Å². The van der Waals surface area contributed by atoms with Gasteiger partial charge in [0.15, 0.2) is 0 Å². The Morgan fingerprint density at radius 1 is 1.33 bits per heavy atom. The molecular formula is C13H17BrN4. The number of hydrogen-bond donors (Lipinski definition) is 1. The van der Waals surface area contributed by atoms with Crippen LogP contribution in [0.2, 0.25) is 0 Å². The van der Waals surface area contributed by atoms with Crippen molar-refractivity contribution >= 4 is 32.7 Å². The lowest BCUT2D eigenvalue weighted by atomic mass is 10.2. The maximum Gasteiger partial charge on any atom is 0.112 e. The van der Waals surface area contributed by atoms with E-state index < -0.39 is 0 Å². The number of halogens is 1. The summed E-state index contributed by atoms with van der Waals surface area (Å²) in [5, 5.41) is 0. The first-order valence-corrected chi connectivity index (χ1v) is 6.91. The van der Waals surface area contributed by atoms with Gasteiger partial charge in [0.2, 0.25) is 0 Å². The molecule has 5 heteroatoms. The minimum Gasteiger partial charge on any atom is -0.368 e. The maximum atomic E-state index is 5.68. The van der Waals surface area contributed by atoms with Gasteiger partial charge in [-0.3, -0.25) is 9.97 Å². The lowest BCUT2D eigenvalue weighted by molar-refractivity contribution is 0.764. The molecule has 2 aromatic heterocycles. The van der Waals surface area contributed by atoms with Crippen LogP contribution in [0.3, 0.4) is 0 Å². The van der Waals surface area contributed by atoms with Gasteiger partial charge in [-0.1, -0.05) is 6.92 Å². The van der Waals surface area contributed by atoms with E-state index in [0.29, 0.717) is 6.54 Å². The van der Waals surface area contributed by atoms with E-state index in [1.165, 1.54) is 0 Å². The highest BCUT2D eigenvalue weighted by molar-refractivity contribution is 9.10. The standard InChI is InChI=1S/C13H17BrN4/c1-2-6-18(7-4-15)12-3-5-16-11-8-10(14)9-17-13(11)12/h3,5,8-9H,2,4,6-7,15H2,1H3. The SMILES string of the molecule is CCCN(CCN)c1ccnc2cc(Br)cnc12. The Labute approximate surface area is 115 Å². The van der Waals surface area contributed by atoms with E-state index in [1.54, 1.807) is 6.20 Å². The zero-order valence-electron chi connectivity index (χ0n) is 10.4. The summed E-state index contributed by atoms with van der Waals surface area (Å²) in [5.74, 6) is 0. The third-order valence-corrected chi connectivity index (χ3v) is 3.19. The van der Waals surface area contributed by atoms with E-state index in [4.69, 9.17) is 5.73 Å². The quantitative estimate of drug-likeness (QED) is 0.922. The number of nitrogens with two attached hydrogens (primary N) is 1. The fraction of sp³-hybridized carbons (Fsp3) is 0.385. The molecule has 2 heterocycles. The van der Waals surface area contributed by atoms with Crippen LogP contribution in [0.1, 0.15) is 13.3 Å². The minimum absolute atomic E-state index is 0.639. The Hall–Kier alpha value is -1.20. The van der Waals surface area contributed by atoms with Crippen molar-refractivity contribution in [1.29, 1.82) is 0 Å². The summed E-state index contributed by atoms with van der Waals surface area (Å²) in [6, 6.07) is 3.99. The Bertz CT molecular complexity index is 523.